The summed E-state index contributed by atoms with van der Waals surface area (Å²) in [5.74, 6) is -0.0287. The van der Waals surface area contributed by atoms with Crippen LogP contribution in [0.5, 0.6) is 0 Å². The molecule has 0 aromatic carbocycles. The summed E-state index contributed by atoms with van der Waals surface area (Å²) in [6.07, 6.45) is 25.0. The Balaban J connectivity index is 3.02. The van der Waals surface area contributed by atoms with Crippen molar-refractivity contribution in [3.8, 4) is 0 Å². The van der Waals surface area contributed by atoms with Gasteiger partial charge in [0.25, 0.3) is 0 Å². The number of hydrogen-bond donors (Lipinski definition) is 2. The van der Waals surface area contributed by atoms with E-state index < -0.39 is 0 Å². The van der Waals surface area contributed by atoms with Crippen LogP contribution in [0.1, 0.15) is 129 Å². The zero-order chi connectivity index (χ0) is 18.4. The Morgan fingerprint density at radius 1 is 0.600 bits per heavy atom. The van der Waals surface area contributed by atoms with Crippen molar-refractivity contribution >= 4 is 5.91 Å². The van der Waals surface area contributed by atoms with Crippen LogP contribution in [0.4, 0.5) is 0 Å². The molecule has 0 radical (unpaired) electrons. The van der Waals surface area contributed by atoms with Gasteiger partial charge in [-0.25, -0.2) is 0 Å². The minimum atomic E-state index is -0.238. The highest BCUT2D eigenvalue weighted by molar-refractivity contribution is 5.75. The Labute approximate surface area is 157 Å². The number of carbonyl (C=O) groups excluding carboxylic acids is 1. The second kappa shape index (κ2) is 21.5. The number of aliphatic hydroxyl groups is 1. The predicted molar refractivity (Wildman–Crippen MR) is 109 cm³/mol. The van der Waals surface area contributed by atoms with Crippen LogP contribution in [0.2, 0.25) is 0 Å². The van der Waals surface area contributed by atoms with Crippen LogP contribution in [0.15, 0.2) is 0 Å². The lowest BCUT2D eigenvalue weighted by molar-refractivity contribution is -0.122. The zero-order valence-electron chi connectivity index (χ0n) is 17.0. The summed E-state index contributed by atoms with van der Waals surface area (Å²) < 4.78 is 0. The van der Waals surface area contributed by atoms with Crippen molar-refractivity contribution in [1.29, 1.82) is 0 Å². The van der Waals surface area contributed by atoms with Gasteiger partial charge in [-0.3, -0.25) is 4.79 Å². The van der Waals surface area contributed by atoms with Crippen LogP contribution >= 0.6 is 0 Å². The normalized spacial score (nSPS) is 11.0. The fraction of sp³-hybridized carbons (Fsp3) is 0.955. The van der Waals surface area contributed by atoms with Gasteiger partial charge in [0.05, 0.1) is 0 Å². The smallest absolute Gasteiger partial charge is 0.221 e. The summed E-state index contributed by atoms with van der Waals surface area (Å²) >= 11 is 0. The highest BCUT2D eigenvalue weighted by Gasteiger charge is 1.99. The standard InChI is InChI=1S/C22H45NO2/c1-2-3-4-5-6-7-8-9-10-11-12-13-14-15-16-17-18-19-20-22(25)23-21-24/h24H,2-21H2,1H3,(H,23,25). The molecule has 0 bridgehead atoms. The number of unbranched alkanes of at least 4 members (excludes halogenated alkanes) is 17. The maximum absolute atomic E-state index is 11.1. The monoisotopic (exact) mass is 355 g/mol. The van der Waals surface area contributed by atoms with Crippen molar-refractivity contribution in [3.05, 3.63) is 0 Å². The Bertz CT molecular complexity index is 269. The average molecular weight is 356 g/mol. The summed E-state index contributed by atoms with van der Waals surface area (Å²) in [5.41, 5.74) is 0. The lowest BCUT2D eigenvalue weighted by atomic mass is 10.0. The Hall–Kier alpha value is -0.570. The van der Waals surface area contributed by atoms with Crippen LogP contribution in [0.25, 0.3) is 0 Å². The van der Waals surface area contributed by atoms with Crippen LogP contribution < -0.4 is 5.32 Å². The van der Waals surface area contributed by atoms with Crippen molar-refractivity contribution < 1.29 is 9.90 Å². The van der Waals surface area contributed by atoms with Gasteiger partial charge in [0, 0.05) is 6.42 Å². The number of rotatable bonds is 20. The molecule has 0 spiro atoms. The maximum atomic E-state index is 11.1. The highest BCUT2D eigenvalue weighted by atomic mass is 16.3. The Morgan fingerprint density at radius 2 is 0.920 bits per heavy atom. The van der Waals surface area contributed by atoms with Gasteiger partial charge in [0.15, 0.2) is 0 Å². The molecule has 0 aromatic rings. The molecule has 25 heavy (non-hydrogen) atoms. The SMILES string of the molecule is CCCCCCCCCCCCCCCCCCCCC(=O)NCO. The molecule has 0 rings (SSSR count). The molecule has 3 heteroatoms. The average Bonchev–Trinajstić information content (AvgIpc) is 2.61. The molecular weight excluding hydrogens is 310 g/mol. The quantitative estimate of drug-likeness (QED) is 0.194. The highest BCUT2D eigenvalue weighted by Crippen LogP contribution is 2.14. The van der Waals surface area contributed by atoms with Crippen LogP contribution in [0, 0.1) is 0 Å². The van der Waals surface area contributed by atoms with E-state index >= 15 is 0 Å². The number of aliphatic hydroxyl groups excluding tert-OH is 1. The third kappa shape index (κ3) is 21.4. The number of amides is 1. The second-order valence-corrected chi connectivity index (χ2v) is 7.52. The van der Waals surface area contributed by atoms with Gasteiger partial charge >= 0.3 is 0 Å². The van der Waals surface area contributed by atoms with Gasteiger partial charge in [0.2, 0.25) is 5.91 Å². The summed E-state index contributed by atoms with van der Waals surface area (Å²) in [6, 6.07) is 0. The first-order chi connectivity index (χ1) is 12.3. The third-order valence-corrected chi connectivity index (χ3v) is 5.03. The van der Waals surface area contributed by atoms with Crippen molar-refractivity contribution in [1.82, 2.24) is 5.32 Å². The molecule has 0 unspecified atom stereocenters. The van der Waals surface area contributed by atoms with E-state index in [9.17, 15) is 4.79 Å². The van der Waals surface area contributed by atoms with E-state index in [0.717, 1.165) is 12.8 Å². The summed E-state index contributed by atoms with van der Waals surface area (Å²) in [5, 5.41) is 11.0. The molecule has 0 fully saturated rings. The van der Waals surface area contributed by atoms with E-state index in [1.807, 2.05) is 0 Å². The first-order valence-electron chi connectivity index (χ1n) is 11.2. The van der Waals surface area contributed by atoms with E-state index in [4.69, 9.17) is 5.11 Å². The molecule has 0 heterocycles. The summed E-state index contributed by atoms with van der Waals surface area (Å²) in [7, 11) is 0. The van der Waals surface area contributed by atoms with E-state index in [0.29, 0.717) is 6.42 Å². The molecule has 0 aliphatic carbocycles. The van der Waals surface area contributed by atoms with Gasteiger partial charge in [-0.05, 0) is 6.42 Å². The van der Waals surface area contributed by atoms with E-state index in [1.165, 1.54) is 103 Å². The maximum Gasteiger partial charge on any atom is 0.221 e. The molecule has 1 amide bonds. The minimum absolute atomic E-state index is 0.0287. The Kier molecular flexibility index (Phi) is 21.0. The largest absolute Gasteiger partial charge is 0.377 e. The lowest BCUT2D eigenvalue weighted by Gasteiger charge is -2.04. The molecule has 0 saturated carbocycles. The first kappa shape index (κ1) is 24.4. The van der Waals surface area contributed by atoms with Gasteiger partial charge in [-0.15, -0.1) is 0 Å². The molecule has 150 valence electrons. The van der Waals surface area contributed by atoms with Crippen molar-refractivity contribution in [2.45, 2.75) is 129 Å². The van der Waals surface area contributed by atoms with Crippen molar-refractivity contribution in [3.63, 3.8) is 0 Å². The van der Waals surface area contributed by atoms with E-state index in [-0.39, 0.29) is 12.6 Å². The number of carbonyl (C=O) groups is 1. The van der Waals surface area contributed by atoms with Gasteiger partial charge in [-0.2, -0.15) is 0 Å². The van der Waals surface area contributed by atoms with Crippen LogP contribution in [0.3, 0.4) is 0 Å². The molecule has 0 aliphatic heterocycles. The molecule has 3 nitrogen and oxygen atoms in total. The minimum Gasteiger partial charge on any atom is -0.377 e. The lowest BCUT2D eigenvalue weighted by Crippen LogP contribution is -2.23. The van der Waals surface area contributed by atoms with Crippen molar-refractivity contribution in [2.75, 3.05) is 6.73 Å². The predicted octanol–water partition coefficient (Wildman–Crippen LogP) is 6.48. The molecule has 2 N–H and O–H groups in total. The third-order valence-electron chi connectivity index (χ3n) is 5.03. The Morgan fingerprint density at radius 3 is 1.24 bits per heavy atom. The van der Waals surface area contributed by atoms with E-state index in [2.05, 4.69) is 12.2 Å². The second-order valence-electron chi connectivity index (χ2n) is 7.52. The zero-order valence-corrected chi connectivity index (χ0v) is 17.0. The van der Waals surface area contributed by atoms with Crippen LogP contribution in [-0.2, 0) is 4.79 Å². The fourth-order valence-electron chi connectivity index (χ4n) is 3.36. The topological polar surface area (TPSA) is 49.3 Å². The van der Waals surface area contributed by atoms with Crippen LogP contribution in [-0.4, -0.2) is 17.7 Å². The van der Waals surface area contributed by atoms with Crippen molar-refractivity contribution in [2.24, 2.45) is 0 Å². The molecule has 0 saturated heterocycles. The first-order valence-corrected chi connectivity index (χ1v) is 11.2. The summed E-state index contributed by atoms with van der Waals surface area (Å²) in [4.78, 5) is 11.1. The molecule has 0 atom stereocenters. The van der Waals surface area contributed by atoms with Gasteiger partial charge < -0.3 is 10.4 Å². The molecular formula is C22H45NO2. The van der Waals surface area contributed by atoms with Gasteiger partial charge in [0.1, 0.15) is 6.73 Å². The van der Waals surface area contributed by atoms with E-state index in [1.54, 1.807) is 0 Å². The molecule has 0 aliphatic rings. The number of nitrogens with one attached hydrogen (secondary N) is 1. The number of hydrogen-bond acceptors (Lipinski definition) is 2. The fourth-order valence-corrected chi connectivity index (χ4v) is 3.36. The van der Waals surface area contributed by atoms with Gasteiger partial charge in [-0.1, -0.05) is 116 Å². The molecule has 0 aromatic heterocycles. The summed E-state index contributed by atoms with van der Waals surface area (Å²) in [6.45, 7) is 2.04.